The zero-order valence-electron chi connectivity index (χ0n) is 11.5. The van der Waals surface area contributed by atoms with Crippen LogP contribution in [0.3, 0.4) is 0 Å². The number of carbonyl (C=O) groups excluding carboxylic acids is 1. The number of rotatable bonds is 5. The average molecular weight is 273 g/mol. The molecule has 0 aliphatic carbocycles. The lowest BCUT2D eigenvalue weighted by molar-refractivity contribution is 0.0698. The summed E-state index contributed by atoms with van der Waals surface area (Å²) in [6, 6.07) is 11.3. The number of benzene rings is 1. The normalized spacial score (nSPS) is 10.5. The molecule has 5 heteroatoms. The van der Waals surface area contributed by atoms with E-state index in [9.17, 15) is 4.79 Å². The van der Waals surface area contributed by atoms with Crippen LogP contribution in [-0.2, 0) is 13.6 Å². The molecule has 5 nitrogen and oxygen atoms in total. The molecule has 3 N–H and O–H groups in total. The van der Waals surface area contributed by atoms with Crippen LogP contribution in [0.15, 0.2) is 42.6 Å². The smallest absolute Gasteiger partial charge is 0.270 e. The molecule has 0 unspecified atom stereocenters. The van der Waals surface area contributed by atoms with Gasteiger partial charge in [0.05, 0.1) is 12.3 Å². The summed E-state index contributed by atoms with van der Waals surface area (Å²) < 4.78 is 1.70. The Kier molecular flexibility index (Phi) is 4.42. The second-order valence-corrected chi connectivity index (χ2v) is 4.71. The molecular formula is C15H19N3O2. The van der Waals surface area contributed by atoms with Crippen molar-refractivity contribution >= 4 is 11.6 Å². The van der Waals surface area contributed by atoms with Crippen molar-refractivity contribution in [3.63, 3.8) is 0 Å². The molecule has 0 bridgehead atoms. The van der Waals surface area contributed by atoms with E-state index in [4.69, 9.17) is 10.8 Å². The van der Waals surface area contributed by atoms with E-state index in [-0.39, 0.29) is 12.5 Å². The van der Waals surface area contributed by atoms with Crippen molar-refractivity contribution in [3.8, 4) is 0 Å². The fourth-order valence-electron chi connectivity index (χ4n) is 2.14. The Morgan fingerprint density at radius 3 is 2.60 bits per heavy atom. The number of hydrogen-bond acceptors (Lipinski definition) is 3. The first-order valence-electron chi connectivity index (χ1n) is 6.47. The summed E-state index contributed by atoms with van der Waals surface area (Å²) in [7, 11) is 1.78. The predicted octanol–water partition coefficient (Wildman–Crippen LogP) is 1.24. The second-order valence-electron chi connectivity index (χ2n) is 4.71. The average Bonchev–Trinajstić information content (AvgIpc) is 2.77. The van der Waals surface area contributed by atoms with Crippen LogP contribution in [0.25, 0.3) is 0 Å². The molecule has 2 aromatic rings. The van der Waals surface area contributed by atoms with Crippen LogP contribution in [0.2, 0.25) is 0 Å². The molecule has 0 radical (unpaired) electrons. The van der Waals surface area contributed by atoms with E-state index in [1.807, 2.05) is 30.3 Å². The van der Waals surface area contributed by atoms with Gasteiger partial charge >= 0.3 is 0 Å². The lowest BCUT2D eigenvalue weighted by Gasteiger charge is -2.22. The molecule has 0 atom stereocenters. The highest BCUT2D eigenvalue weighted by atomic mass is 16.3. The van der Waals surface area contributed by atoms with Gasteiger partial charge in [-0.25, -0.2) is 0 Å². The summed E-state index contributed by atoms with van der Waals surface area (Å²) in [4.78, 5) is 14.1. The molecule has 0 aliphatic heterocycles. The number of nitrogens with two attached hydrogens (primary N) is 1. The van der Waals surface area contributed by atoms with Crippen LogP contribution in [0.5, 0.6) is 0 Å². The van der Waals surface area contributed by atoms with E-state index in [1.54, 1.807) is 28.8 Å². The van der Waals surface area contributed by atoms with Gasteiger partial charge in [-0.3, -0.25) is 4.79 Å². The molecule has 2 rings (SSSR count). The maximum atomic E-state index is 12.5. The fraction of sp³-hybridized carbons (Fsp3) is 0.267. The van der Waals surface area contributed by atoms with E-state index in [0.29, 0.717) is 24.5 Å². The summed E-state index contributed by atoms with van der Waals surface area (Å²) in [5, 5.41) is 9.16. The Morgan fingerprint density at radius 2 is 2.05 bits per heavy atom. The Hall–Kier alpha value is -2.27. The molecule has 0 spiro atoms. The number of nitrogen functional groups attached to an aromatic ring is 1. The van der Waals surface area contributed by atoms with Crippen LogP contribution in [0.1, 0.15) is 16.1 Å². The molecule has 1 amide bonds. The van der Waals surface area contributed by atoms with Crippen LogP contribution in [-0.4, -0.2) is 33.6 Å². The highest BCUT2D eigenvalue weighted by Crippen LogP contribution is 2.13. The Morgan fingerprint density at radius 1 is 1.35 bits per heavy atom. The standard InChI is InChI=1S/C15H19N3O2/c1-17-11-13(16)9-14(17)15(20)18(7-8-19)10-12-5-3-2-4-6-12/h2-6,9,11,19H,7-8,10,16H2,1H3. The molecule has 0 saturated heterocycles. The number of nitrogens with zero attached hydrogens (tertiary/aromatic N) is 2. The van der Waals surface area contributed by atoms with Crippen molar-refractivity contribution in [2.24, 2.45) is 7.05 Å². The van der Waals surface area contributed by atoms with Crippen molar-refractivity contribution in [2.45, 2.75) is 6.54 Å². The maximum absolute atomic E-state index is 12.5. The number of hydrogen-bond donors (Lipinski definition) is 2. The number of aliphatic hydroxyl groups excluding tert-OH is 1. The quantitative estimate of drug-likeness (QED) is 0.861. The summed E-state index contributed by atoms with van der Waals surface area (Å²) >= 11 is 0. The third kappa shape index (κ3) is 3.19. The fourth-order valence-corrected chi connectivity index (χ4v) is 2.14. The molecule has 1 aromatic carbocycles. The van der Waals surface area contributed by atoms with Crippen molar-refractivity contribution in [2.75, 3.05) is 18.9 Å². The predicted molar refractivity (Wildman–Crippen MR) is 78.1 cm³/mol. The Bertz CT molecular complexity index is 578. The SMILES string of the molecule is Cn1cc(N)cc1C(=O)N(CCO)Cc1ccccc1. The summed E-state index contributed by atoms with van der Waals surface area (Å²) in [5.74, 6) is -0.137. The first-order chi connectivity index (χ1) is 9.61. The van der Waals surface area contributed by atoms with Gasteiger partial charge in [0, 0.05) is 26.3 Å². The van der Waals surface area contributed by atoms with Gasteiger partial charge in [0.2, 0.25) is 0 Å². The van der Waals surface area contributed by atoms with E-state index >= 15 is 0 Å². The van der Waals surface area contributed by atoms with Gasteiger partial charge in [-0.1, -0.05) is 30.3 Å². The maximum Gasteiger partial charge on any atom is 0.270 e. The third-order valence-electron chi connectivity index (χ3n) is 3.12. The van der Waals surface area contributed by atoms with E-state index in [0.717, 1.165) is 5.56 Å². The summed E-state index contributed by atoms with van der Waals surface area (Å²) in [6.45, 7) is 0.683. The molecule has 1 aromatic heterocycles. The van der Waals surface area contributed by atoms with Crippen molar-refractivity contribution in [1.82, 2.24) is 9.47 Å². The van der Waals surface area contributed by atoms with Crippen molar-refractivity contribution < 1.29 is 9.90 Å². The molecule has 0 saturated carbocycles. The molecule has 0 aliphatic rings. The Labute approximate surface area is 118 Å². The minimum atomic E-state index is -0.137. The molecule has 106 valence electrons. The largest absolute Gasteiger partial charge is 0.397 e. The van der Waals surface area contributed by atoms with Gasteiger partial charge in [0.25, 0.3) is 5.91 Å². The summed E-state index contributed by atoms with van der Waals surface area (Å²) in [5.41, 5.74) is 7.80. The zero-order valence-corrected chi connectivity index (χ0v) is 11.5. The number of aliphatic hydroxyl groups is 1. The third-order valence-corrected chi connectivity index (χ3v) is 3.12. The van der Waals surface area contributed by atoms with Gasteiger partial charge in [0.1, 0.15) is 5.69 Å². The minimum absolute atomic E-state index is 0.0710. The van der Waals surface area contributed by atoms with Crippen LogP contribution < -0.4 is 5.73 Å². The zero-order chi connectivity index (χ0) is 14.5. The van der Waals surface area contributed by atoms with Gasteiger partial charge in [-0.15, -0.1) is 0 Å². The van der Waals surface area contributed by atoms with Crippen molar-refractivity contribution in [3.05, 3.63) is 53.9 Å². The summed E-state index contributed by atoms with van der Waals surface area (Å²) in [6.07, 6.45) is 1.70. The number of amides is 1. The van der Waals surface area contributed by atoms with Crippen molar-refractivity contribution in [1.29, 1.82) is 0 Å². The Balaban J connectivity index is 2.20. The van der Waals surface area contributed by atoms with Gasteiger partial charge in [-0.2, -0.15) is 0 Å². The number of anilines is 1. The number of carbonyl (C=O) groups is 1. The van der Waals surface area contributed by atoms with Crippen LogP contribution >= 0.6 is 0 Å². The number of aryl methyl sites for hydroxylation is 1. The van der Waals surface area contributed by atoms with E-state index < -0.39 is 0 Å². The number of aromatic nitrogens is 1. The van der Waals surface area contributed by atoms with Gasteiger partial charge in [-0.05, 0) is 11.6 Å². The molecule has 0 fully saturated rings. The minimum Gasteiger partial charge on any atom is -0.397 e. The monoisotopic (exact) mass is 273 g/mol. The second kappa shape index (κ2) is 6.25. The lowest BCUT2D eigenvalue weighted by atomic mass is 10.2. The first kappa shape index (κ1) is 14.1. The van der Waals surface area contributed by atoms with Crippen LogP contribution in [0, 0.1) is 0 Å². The van der Waals surface area contributed by atoms with E-state index in [2.05, 4.69) is 0 Å². The van der Waals surface area contributed by atoms with Gasteiger partial charge in [0.15, 0.2) is 0 Å². The highest BCUT2D eigenvalue weighted by molar-refractivity contribution is 5.93. The topological polar surface area (TPSA) is 71.5 Å². The molecule has 20 heavy (non-hydrogen) atoms. The first-order valence-corrected chi connectivity index (χ1v) is 6.47. The highest BCUT2D eigenvalue weighted by Gasteiger charge is 2.18. The lowest BCUT2D eigenvalue weighted by Crippen LogP contribution is -2.34. The van der Waals surface area contributed by atoms with Gasteiger partial charge < -0.3 is 20.3 Å². The van der Waals surface area contributed by atoms with E-state index in [1.165, 1.54) is 0 Å². The molecule has 1 heterocycles. The molecular weight excluding hydrogens is 254 g/mol. The van der Waals surface area contributed by atoms with Crippen LogP contribution in [0.4, 0.5) is 5.69 Å².